The Balaban J connectivity index is 2.10. The van der Waals surface area contributed by atoms with Crippen LogP contribution in [0.3, 0.4) is 0 Å². The number of aromatic nitrogens is 2. The molecule has 1 aliphatic rings. The Morgan fingerprint density at radius 2 is 2.37 bits per heavy atom. The summed E-state index contributed by atoms with van der Waals surface area (Å²) in [5, 5.41) is 5.09. The van der Waals surface area contributed by atoms with Crippen LogP contribution in [0.1, 0.15) is 38.4 Å². The van der Waals surface area contributed by atoms with Gasteiger partial charge in [-0.15, -0.1) is 0 Å². The third-order valence-corrected chi connectivity index (χ3v) is 4.10. The summed E-state index contributed by atoms with van der Waals surface area (Å²) in [7, 11) is -3.72. The normalized spacial score (nSPS) is 20.0. The van der Waals surface area contributed by atoms with Crippen LogP contribution >= 0.6 is 0 Å². The third-order valence-electron chi connectivity index (χ3n) is 3.32. The summed E-state index contributed by atoms with van der Waals surface area (Å²) in [6.07, 6.45) is 6.57. The Hall–Kier alpha value is -0.920. The summed E-state index contributed by atoms with van der Waals surface area (Å²) < 4.78 is 30.1. The number of rotatable bonds is 6. The van der Waals surface area contributed by atoms with E-state index in [4.69, 9.17) is 9.88 Å². The standard InChI is InChI=1S/C12H21N3O3S/c1-2-4-11-14-12(19(13,16)17)9-15(11)7-6-10-5-3-8-18-10/h9-10H,2-8H2,1H3,(H2,13,16,17). The van der Waals surface area contributed by atoms with E-state index >= 15 is 0 Å². The van der Waals surface area contributed by atoms with Gasteiger partial charge in [0.15, 0.2) is 5.03 Å². The Kier molecular flexibility index (Phi) is 4.59. The van der Waals surface area contributed by atoms with Gasteiger partial charge in [-0.3, -0.25) is 0 Å². The second kappa shape index (κ2) is 6.02. The highest BCUT2D eigenvalue weighted by Crippen LogP contribution is 2.18. The SMILES string of the molecule is CCCc1nc(S(N)(=O)=O)cn1CCC1CCCO1. The van der Waals surface area contributed by atoms with Gasteiger partial charge in [0, 0.05) is 25.8 Å². The lowest BCUT2D eigenvalue weighted by atomic mass is 10.2. The van der Waals surface area contributed by atoms with Crippen molar-refractivity contribution in [2.45, 2.75) is 56.7 Å². The van der Waals surface area contributed by atoms with Gasteiger partial charge in [-0.2, -0.15) is 0 Å². The first kappa shape index (κ1) is 14.5. The Labute approximate surface area is 114 Å². The molecule has 0 radical (unpaired) electrons. The Morgan fingerprint density at radius 1 is 1.58 bits per heavy atom. The molecule has 2 heterocycles. The fourth-order valence-electron chi connectivity index (χ4n) is 2.34. The van der Waals surface area contributed by atoms with Crippen LogP contribution in [0, 0.1) is 0 Å². The first-order valence-electron chi connectivity index (χ1n) is 6.71. The molecule has 7 heteroatoms. The molecular weight excluding hydrogens is 266 g/mol. The van der Waals surface area contributed by atoms with E-state index in [0.717, 1.165) is 51.1 Å². The third kappa shape index (κ3) is 3.77. The minimum Gasteiger partial charge on any atom is -0.378 e. The second-order valence-corrected chi connectivity index (χ2v) is 6.42. The molecule has 1 unspecified atom stereocenters. The molecule has 1 saturated heterocycles. The fraction of sp³-hybridized carbons (Fsp3) is 0.750. The lowest BCUT2D eigenvalue weighted by molar-refractivity contribution is 0.100. The number of sulfonamides is 1. The molecule has 0 aliphatic carbocycles. The average Bonchev–Trinajstić information content (AvgIpc) is 2.94. The summed E-state index contributed by atoms with van der Waals surface area (Å²) in [6, 6.07) is 0. The average molecular weight is 287 g/mol. The van der Waals surface area contributed by atoms with Crippen molar-refractivity contribution < 1.29 is 13.2 Å². The van der Waals surface area contributed by atoms with Crippen LogP contribution in [-0.4, -0.2) is 30.7 Å². The maximum atomic E-state index is 11.3. The lowest BCUT2D eigenvalue weighted by Crippen LogP contribution is -2.12. The monoisotopic (exact) mass is 287 g/mol. The zero-order chi connectivity index (χ0) is 13.9. The predicted molar refractivity (Wildman–Crippen MR) is 71.2 cm³/mol. The molecule has 0 spiro atoms. The number of ether oxygens (including phenoxy) is 1. The molecule has 0 bridgehead atoms. The van der Waals surface area contributed by atoms with Gasteiger partial charge in [-0.1, -0.05) is 6.92 Å². The highest BCUT2D eigenvalue weighted by molar-refractivity contribution is 7.89. The molecule has 1 atom stereocenters. The largest absolute Gasteiger partial charge is 0.378 e. The molecular formula is C12H21N3O3S. The molecule has 1 aromatic rings. The summed E-state index contributed by atoms with van der Waals surface area (Å²) >= 11 is 0. The van der Waals surface area contributed by atoms with E-state index in [2.05, 4.69) is 4.98 Å². The molecule has 1 aliphatic heterocycles. The molecule has 6 nitrogen and oxygen atoms in total. The minimum atomic E-state index is -3.72. The van der Waals surface area contributed by atoms with Gasteiger partial charge >= 0.3 is 0 Å². The van der Waals surface area contributed by atoms with Crippen molar-refractivity contribution in [3.8, 4) is 0 Å². The van der Waals surface area contributed by atoms with Crippen LogP contribution in [0.25, 0.3) is 0 Å². The Morgan fingerprint density at radius 3 is 2.95 bits per heavy atom. The van der Waals surface area contributed by atoms with Gasteiger partial charge in [0.2, 0.25) is 0 Å². The molecule has 108 valence electrons. The van der Waals surface area contributed by atoms with E-state index in [1.54, 1.807) is 0 Å². The van der Waals surface area contributed by atoms with E-state index in [0.29, 0.717) is 0 Å². The molecule has 0 amide bonds. The fourth-order valence-corrected chi connectivity index (χ4v) is 2.84. The summed E-state index contributed by atoms with van der Waals surface area (Å²) in [5.41, 5.74) is 0. The lowest BCUT2D eigenvalue weighted by Gasteiger charge is -2.11. The van der Waals surface area contributed by atoms with Crippen molar-refractivity contribution in [3.63, 3.8) is 0 Å². The van der Waals surface area contributed by atoms with Crippen LogP contribution in [-0.2, 0) is 27.7 Å². The quantitative estimate of drug-likeness (QED) is 0.847. The molecule has 2 N–H and O–H groups in total. The first-order chi connectivity index (χ1) is 9.00. The smallest absolute Gasteiger partial charge is 0.257 e. The van der Waals surface area contributed by atoms with Crippen LogP contribution < -0.4 is 5.14 Å². The van der Waals surface area contributed by atoms with E-state index in [9.17, 15) is 8.42 Å². The van der Waals surface area contributed by atoms with Crippen LogP contribution in [0.15, 0.2) is 11.2 Å². The number of primary sulfonamides is 1. The van der Waals surface area contributed by atoms with E-state index < -0.39 is 10.0 Å². The number of hydrogen-bond acceptors (Lipinski definition) is 4. The van der Waals surface area contributed by atoms with E-state index in [-0.39, 0.29) is 11.1 Å². The van der Waals surface area contributed by atoms with Gasteiger partial charge in [-0.25, -0.2) is 18.5 Å². The number of nitrogens with two attached hydrogens (primary N) is 1. The highest BCUT2D eigenvalue weighted by Gasteiger charge is 2.19. The van der Waals surface area contributed by atoms with Crippen LogP contribution in [0.5, 0.6) is 0 Å². The van der Waals surface area contributed by atoms with E-state index in [1.165, 1.54) is 6.20 Å². The van der Waals surface area contributed by atoms with Crippen molar-refractivity contribution in [3.05, 3.63) is 12.0 Å². The molecule has 0 saturated carbocycles. The van der Waals surface area contributed by atoms with E-state index in [1.807, 2.05) is 11.5 Å². The zero-order valence-corrected chi connectivity index (χ0v) is 12.0. The first-order valence-corrected chi connectivity index (χ1v) is 8.25. The molecule has 19 heavy (non-hydrogen) atoms. The topological polar surface area (TPSA) is 87.2 Å². The van der Waals surface area contributed by atoms with Crippen molar-refractivity contribution in [1.82, 2.24) is 9.55 Å². The van der Waals surface area contributed by atoms with Crippen molar-refractivity contribution in [1.29, 1.82) is 0 Å². The van der Waals surface area contributed by atoms with Gasteiger partial charge in [-0.05, 0) is 25.7 Å². The highest BCUT2D eigenvalue weighted by atomic mass is 32.2. The van der Waals surface area contributed by atoms with Crippen LogP contribution in [0.2, 0.25) is 0 Å². The van der Waals surface area contributed by atoms with Gasteiger partial charge in [0.25, 0.3) is 10.0 Å². The van der Waals surface area contributed by atoms with Gasteiger partial charge < -0.3 is 9.30 Å². The summed E-state index contributed by atoms with van der Waals surface area (Å²) in [6.45, 7) is 3.59. The maximum absolute atomic E-state index is 11.3. The zero-order valence-electron chi connectivity index (χ0n) is 11.2. The molecule has 1 aromatic heterocycles. The number of aryl methyl sites for hydroxylation is 2. The summed E-state index contributed by atoms with van der Waals surface area (Å²) in [5.74, 6) is 0.782. The molecule has 1 fully saturated rings. The minimum absolute atomic E-state index is 0.0386. The maximum Gasteiger partial charge on any atom is 0.257 e. The number of nitrogens with zero attached hydrogens (tertiary/aromatic N) is 2. The van der Waals surface area contributed by atoms with Gasteiger partial charge in [0.05, 0.1) is 6.10 Å². The van der Waals surface area contributed by atoms with Crippen molar-refractivity contribution in [2.75, 3.05) is 6.61 Å². The second-order valence-electron chi connectivity index (χ2n) is 4.91. The molecule has 2 rings (SSSR count). The summed E-state index contributed by atoms with van der Waals surface area (Å²) in [4.78, 5) is 4.13. The number of hydrogen-bond donors (Lipinski definition) is 1. The number of imidazole rings is 1. The molecule has 0 aromatic carbocycles. The van der Waals surface area contributed by atoms with Crippen molar-refractivity contribution >= 4 is 10.0 Å². The predicted octanol–water partition coefficient (Wildman–Crippen LogP) is 1.05. The Bertz CT molecular complexity index is 518. The van der Waals surface area contributed by atoms with Crippen molar-refractivity contribution in [2.24, 2.45) is 5.14 Å². The van der Waals surface area contributed by atoms with Gasteiger partial charge in [0.1, 0.15) is 5.82 Å². The van der Waals surface area contributed by atoms with Crippen LogP contribution in [0.4, 0.5) is 0 Å².